The lowest BCUT2D eigenvalue weighted by atomic mass is 9.79. The zero-order chi connectivity index (χ0) is 18.5. The van der Waals surface area contributed by atoms with E-state index in [9.17, 15) is 5.11 Å². The molecule has 0 aliphatic heterocycles. The van der Waals surface area contributed by atoms with E-state index in [0.29, 0.717) is 16.5 Å². The second kappa shape index (κ2) is 8.06. The summed E-state index contributed by atoms with van der Waals surface area (Å²) in [4.78, 5) is 0. The van der Waals surface area contributed by atoms with E-state index in [2.05, 4.69) is 64.0 Å². The fraction of sp³-hybridized carbons (Fsp3) is 0.632. The van der Waals surface area contributed by atoms with E-state index in [0.717, 1.165) is 30.5 Å². The molecule has 0 aliphatic rings. The first-order valence-electron chi connectivity index (χ1n) is 8.54. The summed E-state index contributed by atoms with van der Waals surface area (Å²) >= 11 is 5.18. The van der Waals surface area contributed by atoms with Crippen LogP contribution in [-0.2, 0) is 10.8 Å². The van der Waals surface area contributed by atoms with E-state index in [1.807, 2.05) is 12.1 Å². The van der Waals surface area contributed by atoms with E-state index in [1.165, 1.54) is 0 Å². The van der Waals surface area contributed by atoms with Crippen molar-refractivity contribution in [2.75, 3.05) is 6.54 Å². The average molecular weight is 350 g/mol. The molecule has 0 bridgehead atoms. The van der Waals surface area contributed by atoms with Gasteiger partial charge in [-0.2, -0.15) is 0 Å². The quantitative estimate of drug-likeness (QED) is 0.413. The molecule has 0 heterocycles. The predicted molar refractivity (Wildman–Crippen MR) is 106 cm³/mol. The third kappa shape index (κ3) is 5.86. The summed E-state index contributed by atoms with van der Waals surface area (Å²) in [7, 11) is 0. The standard InChI is InChI=1S/C19H31N3OS/c1-8-9-10-20-17(24)22-21-13-11-14(18(2,3)4)16(23)15(12-13)19(5,6)7/h11-12,23H,8-10H2,1-7H3,(H,20,24). The Kier molecular flexibility index (Phi) is 6.90. The van der Waals surface area contributed by atoms with E-state index in [-0.39, 0.29) is 10.8 Å². The van der Waals surface area contributed by atoms with Crippen molar-refractivity contribution in [3.63, 3.8) is 0 Å². The molecule has 1 aromatic carbocycles. The average Bonchev–Trinajstić information content (AvgIpc) is 2.44. The number of nitrogens with one attached hydrogen (secondary N) is 1. The Balaban J connectivity index is 3.18. The van der Waals surface area contributed by atoms with Crippen molar-refractivity contribution in [3.05, 3.63) is 23.3 Å². The topological polar surface area (TPSA) is 57.0 Å². The van der Waals surface area contributed by atoms with Crippen LogP contribution in [0.2, 0.25) is 0 Å². The first-order valence-corrected chi connectivity index (χ1v) is 8.95. The smallest absolute Gasteiger partial charge is 0.213 e. The number of phenols is 1. The summed E-state index contributed by atoms with van der Waals surface area (Å²) in [5, 5.41) is 22.6. The van der Waals surface area contributed by atoms with Gasteiger partial charge in [-0.25, -0.2) is 0 Å². The van der Waals surface area contributed by atoms with Gasteiger partial charge in [0.2, 0.25) is 5.11 Å². The molecule has 0 saturated carbocycles. The second-order valence-electron chi connectivity index (χ2n) is 8.17. The number of phenolic OH excluding ortho intramolecular Hbond substituents is 1. The van der Waals surface area contributed by atoms with Crippen LogP contribution < -0.4 is 5.32 Å². The molecule has 1 aromatic rings. The van der Waals surface area contributed by atoms with Crippen LogP contribution in [0.3, 0.4) is 0 Å². The molecule has 5 heteroatoms. The lowest BCUT2D eigenvalue weighted by Gasteiger charge is -2.27. The Morgan fingerprint density at radius 3 is 2.00 bits per heavy atom. The molecular formula is C19H31N3OS. The van der Waals surface area contributed by atoms with Crippen molar-refractivity contribution in [2.24, 2.45) is 10.2 Å². The van der Waals surface area contributed by atoms with Gasteiger partial charge in [-0.15, -0.1) is 10.2 Å². The third-order valence-electron chi connectivity index (χ3n) is 3.77. The fourth-order valence-corrected chi connectivity index (χ4v) is 2.47. The number of thiocarbonyl (C=S) groups is 1. The number of hydrogen-bond donors (Lipinski definition) is 2. The summed E-state index contributed by atoms with van der Waals surface area (Å²) in [5.41, 5.74) is 2.08. The van der Waals surface area contributed by atoms with Crippen molar-refractivity contribution in [1.82, 2.24) is 5.32 Å². The molecule has 24 heavy (non-hydrogen) atoms. The van der Waals surface area contributed by atoms with Crippen LogP contribution in [0, 0.1) is 0 Å². The van der Waals surface area contributed by atoms with E-state index >= 15 is 0 Å². The minimum atomic E-state index is -0.185. The zero-order valence-corrected chi connectivity index (χ0v) is 16.8. The zero-order valence-electron chi connectivity index (χ0n) is 16.0. The van der Waals surface area contributed by atoms with Gasteiger partial charge in [-0.05, 0) is 41.6 Å². The van der Waals surface area contributed by atoms with Gasteiger partial charge in [0.25, 0.3) is 0 Å². The maximum Gasteiger partial charge on any atom is 0.213 e. The monoisotopic (exact) mass is 349 g/mol. The SMILES string of the molecule is CCCCNC(=S)N=Nc1cc(C(C)(C)C)c(O)c(C(C)(C)C)c1. The highest BCUT2D eigenvalue weighted by Crippen LogP contribution is 2.41. The molecule has 0 saturated heterocycles. The molecule has 0 radical (unpaired) electrons. The van der Waals surface area contributed by atoms with Crippen LogP contribution in [0.1, 0.15) is 72.4 Å². The molecule has 134 valence electrons. The number of nitrogens with zero attached hydrogens (tertiary/aromatic N) is 2. The van der Waals surface area contributed by atoms with Gasteiger partial charge in [-0.1, -0.05) is 54.9 Å². The van der Waals surface area contributed by atoms with Gasteiger partial charge < -0.3 is 10.4 Å². The highest BCUT2D eigenvalue weighted by molar-refractivity contribution is 7.80. The van der Waals surface area contributed by atoms with E-state index < -0.39 is 0 Å². The van der Waals surface area contributed by atoms with Crippen LogP contribution in [-0.4, -0.2) is 16.8 Å². The Morgan fingerprint density at radius 2 is 1.58 bits per heavy atom. The van der Waals surface area contributed by atoms with Crippen molar-refractivity contribution in [1.29, 1.82) is 0 Å². The molecule has 4 nitrogen and oxygen atoms in total. The maximum atomic E-state index is 10.7. The summed E-state index contributed by atoms with van der Waals surface area (Å²) in [5.74, 6) is 0.345. The van der Waals surface area contributed by atoms with Crippen LogP contribution >= 0.6 is 12.2 Å². The maximum absolute atomic E-state index is 10.7. The lowest BCUT2D eigenvalue weighted by Crippen LogP contribution is -2.20. The number of benzene rings is 1. The number of rotatable bonds is 4. The van der Waals surface area contributed by atoms with Crippen LogP contribution in [0.4, 0.5) is 5.69 Å². The number of azo groups is 1. The molecule has 0 fully saturated rings. The summed E-state index contributed by atoms with van der Waals surface area (Å²) in [6, 6.07) is 3.78. The Hall–Kier alpha value is -1.49. The lowest BCUT2D eigenvalue weighted by molar-refractivity contribution is 0.423. The largest absolute Gasteiger partial charge is 0.507 e. The number of unbranched alkanes of at least 4 members (excludes halogenated alkanes) is 1. The molecule has 0 spiro atoms. The molecule has 0 aromatic heterocycles. The highest BCUT2D eigenvalue weighted by Gasteiger charge is 2.26. The number of hydrogen-bond acceptors (Lipinski definition) is 3. The molecule has 0 aliphatic carbocycles. The Labute approximate surface area is 151 Å². The molecule has 0 atom stereocenters. The summed E-state index contributed by atoms with van der Waals surface area (Å²) < 4.78 is 0. The number of aromatic hydroxyl groups is 1. The minimum absolute atomic E-state index is 0.185. The van der Waals surface area contributed by atoms with Crippen molar-refractivity contribution >= 4 is 23.0 Å². The van der Waals surface area contributed by atoms with Gasteiger partial charge in [0, 0.05) is 17.7 Å². The first-order chi connectivity index (χ1) is 11.0. The van der Waals surface area contributed by atoms with Crippen molar-refractivity contribution in [3.8, 4) is 5.75 Å². The van der Waals surface area contributed by atoms with Gasteiger partial charge >= 0.3 is 0 Å². The highest BCUT2D eigenvalue weighted by atomic mass is 32.1. The Morgan fingerprint density at radius 1 is 1.08 bits per heavy atom. The van der Waals surface area contributed by atoms with Crippen LogP contribution in [0.25, 0.3) is 0 Å². The van der Waals surface area contributed by atoms with E-state index in [1.54, 1.807) is 0 Å². The normalized spacial score (nSPS) is 12.6. The minimum Gasteiger partial charge on any atom is -0.507 e. The third-order valence-corrected chi connectivity index (χ3v) is 4.00. The van der Waals surface area contributed by atoms with E-state index in [4.69, 9.17) is 12.2 Å². The molecule has 1 rings (SSSR count). The van der Waals surface area contributed by atoms with Gasteiger partial charge in [-0.3, -0.25) is 0 Å². The van der Waals surface area contributed by atoms with Gasteiger partial charge in [0.05, 0.1) is 5.69 Å². The second-order valence-corrected chi connectivity index (χ2v) is 8.56. The van der Waals surface area contributed by atoms with Gasteiger partial charge in [0.1, 0.15) is 5.75 Å². The summed E-state index contributed by atoms with van der Waals surface area (Å²) in [6.45, 7) is 15.4. The van der Waals surface area contributed by atoms with Crippen LogP contribution in [0.5, 0.6) is 5.75 Å². The van der Waals surface area contributed by atoms with Crippen molar-refractivity contribution in [2.45, 2.75) is 72.1 Å². The molecule has 0 amide bonds. The predicted octanol–water partition coefficient (Wildman–Crippen LogP) is 5.75. The summed E-state index contributed by atoms with van der Waals surface area (Å²) in [6.07, 6.45) is 2.16. The molecule has 0 unspecified atom stereocenters. The van der Waals surface area contributed by atoms with Crippen LogP contribution in [0.15, 0.2) is 22.4 Å². The van der Waals surface area contributed by atoms with Crippen molar-refractivity contribution < 1.29 is 5.11 Å². The van der Waals surface area contributed by atoms with Gasteiger partial charge in [0.15, 0.2) is 0 Å². The molecule has 2 N–H and O–H groups in total. The first kappa shape index (κ1) is 20.6. The molecular weight excluding hydrogens is 318 g/mol. The fourth-order valence-electron chi connectivity index (χ4n) is 2.33. The Bertz CT molecular complexity index is 575.